The van der Waals surface area contributed by atoms with Gasteiger partial charge in [-0.1, -0.05) is 18.2 Å². The molecule has 0 spiro atoms. The number of hydrogen-bond acceptors (Lipinski definition) is 9. The zero-order valence-corrected chi connectivity index (χ0v) is 21.0. The van der Waals surface area contributed by atoms with Crippen LogP contribution >= 0.6 is 0 Å². The Morgan fingerprint density at radius 2 is 1.78 bits per heavy atom. The van der Waals surface area contributed by atoms with Crippen LogP contribution in [0.25, 0.3) is 0 Å². The average molecular weight is 547 g/mol. The molecule has 2 N–H and O–H groups in total. The topological polar surface area (TPSA) is 120 Å². The number of amidine groups is 2. The average Bonchev–Trinajstić information content (AvgIpc) is 2.77. The minimum Gasteiger partial charge on any atom is -0.741 e. The van der Waals surface area contributed by atoms with Gasteiger partial charge in [-0.25, -0.2) is 8.42 Å². The molecule has 1 unspecified atom stereocenters. The van der Waals surface area contributed by atoms with E-state index in [1.807, 2.05) is 13.8 Å². The van der Waals surface area contributed by atoms with Crippen molar-refractivity contribution in [2.75, 3.05) is 32.8 Å². The van der Waals surface area contributed by atoms with Crippen LogP contribution in [0.1, 0.15) is 13.8 Å². The SMILES string of the molecule is CCN=C([S-])N/N=C(/C=N/NC([S-])=NCC)C1CN(S(=O)(=O)c2ccccc2)CCO1.[Cu+2]. The number of hydrazone groups is 2. The predicted octanol–water partition coefficient (Wildman–Crippen LogP) is 0.440. The Balaban J connectivity index is 0.00000512. The molecular formula is C18H25CuN7O3S3. The van der Waals surface area contributed by atoms with Crippen molar-refractivity contribution in [1.82, 2.24) is 15.2 Å². The van der Waals surface area contributed by atoms with Gasteiger partial charge in [0.2, 0.25) is 10.0 Å². The molecule has 179 valence electrons. The van der Waals surface area contributed by atoms with Crippen molar-refractivity contribution in [1.29, 1.82) is 0 Å². The van der Waals surface area contributed by atoms with E-state index >= 15 is 0 Å². The van der Waals surface area contributed by atoms with E-state index in [2.05, 4.69) is 31.0 Å². The summed E-state index contributed by atoms with van der Waals surface area (Å²) in [5.41, 5.74) is 5.60. The minimum absolute atomic E-state index is 0. The van der Waals surface area contributed by atoms with E-state index in [0.717, 1.165) is 0 Å². The number of morpholine rings is 1. The zero-order chi connectivity index (χ0) is 22.7. The number of nitrogens with zero attached hydrogens (tertiary/aromatic N) is 5. The first-order valence-electron chi connectivity index (χ1n) is 9.60. The summed E-state index contributed by atoms with van der Waals surface area (Å²) in [6, 6.07) is 8.25. The first-order chi connectivity index (χ1) is 14.9. The van der Waals surface area contributed by atoms with Gasteiger partial charge in [0.1, 0.15) is 11.8 Å². The molecule has 0 saturated carbocycles. The Labute approximate surface area is 210 Å². The molecule has 10 nitrogen and oxygen atoms in total. The minimum atomic E-state index is -3.67. The van der Waals surface area contributed by atoms with Gasteiger partial charge in [-0.05, 0) is 36.3 Å². The first-order valence-corrected chi connectivity index (χ1v) is 11.9. The van der Waals surface area contributed by atoms with E-state index in [1.54, 1.807) is 30.3 Å². The van der Waals surface area contributed by atoms with E-state index in [-0.39, 0.29) is 52.0 Å². The molecule has 1 heterocycles. The smallest absolute Gasteiger partial charge is 0.741 e. The van der Waals surface area contributed by atoms with Gasteiger partial charge < -0.3 is 30.0 Å². The Hall–Kier alpha value is -1.67. The summed E-state index contributed by atoms with van der Waals surface area (Å²) < 4.78 is 33.1. The van der Waals surface area contributed by atoms with Gasteiger partial charge in [0, 0.05) is 26.2 Å². The van der Waals surface area contributed by atoms with Gasteiger partial charge in [0.25, 0.3) is 0 Å². The van der Waals surface area contributed by atoms with Gasteiger partial charge in [-0.2, -0.15) is 14.5 Å². The van der Waals surface area contributed by atoms with Crippen molar-refractivity contribution in [2.45, 2.75) is 24.8 Å². The molecule has 2 rings (SSSR count). The number of hydrogen-bond donors (Lipinski definition) is 2. The van der Waals surface area contributed by atoms with Crippen LogP contribution in [0.2, 0.25) is 0 Å². The molecule has 0 bridgehead atoms. The van der Waals surface area contributed by atoms with Gasteiger partial charge in [-0.15, -0.1) is 0 Å². The van der Waals surface area contributed by atoms with Crippen LogP contribution in [0.15, 0.2) is 55.4 Å². The molecule has 1 fully saturated rings. The monoisotopic (exact) mass is 546 g/mol. The summed E-state index contributed by atoms with van der Waals surface area (Å²) in [4.78, 5) is 8.27. The second-order valence-corrected chi connectivity index (χ2v) is 8.82. The molecule has 0 aliphatic carbocycles. The summed E-state index contributed by atoms with van der Waals surface area (Å²) in [5.74, 6) is 0. The fourth-order valence-corrected chi connectivity index (χ4v) is 4.37. The molecular weight excluding hydrogens is 522 g/mol. The standard InChI is InChI=1S/C18H27N7O3S3.Cu/c1-3-19-17(29)23-21-12-15(22-24-18(30)20-4-2)16-13-25(10-11-28-16)31(26,27)14-8-6-5-7-9-14;/h5-9,12,16H,3-4,10-11,13H2,1-2H3,(H2,19,23,29)(H2,20,24,30);/q;+2/p-2/b21-12+,22-15-;. The number of benzene rings is 1. The van der Waals surface area contributed by atoms with Crippen molar-refractivity contribution < 1.29 is 30.2 Å². The Bertz CT molecular complexity index is 940. The van der Waals surface area contributed by atoms with E-state index in [0.29, 0.717) is 18.8 Å². The molecule has 1 aromatic carbocycles. The van der Waals surface area contributed by atoms with Crippen LogP contribution in [0.4, 0.5) is 0 Å². The summed E-state index contributed by atoms with van der Waals surface area (Å²) in [5, 5.41) is 8.67. The molecule has 14 heteroatoms. The van der Waals surface area contributed by atoms with Crippen molar-refractivity contribution in [3.05, 3.63) is 30.3 Å². The van der Waals surface area contributed by atoms with Crippen LogP contribution < -0.4 is 10.9 Å². The van der Waals surface area contributed by atoms with Crippen molar-refractivity contribution >= 4 is 57.5 Å². The van der Waals surface area contributed by atoms with Gasteiger partial charge >= 0.3 is 17.1 Å². The second kappa shape index (κ2) is 14.5. The maximum atomic E-state index is 13.0. The first kappa shape index (κ1) is 28.4. The van der Waals surface area contributed by atoms with E-state index in [9.17, 15) is 8.42 Å². The van der Waals surface area contributed by atoms with Crippen LogP contribution in [0.5, 0.6) is 0 Å². The Morgan fingerprint density at radius 3 is 2.41 bits per heavy atom. The summed E-state index contributed by atoms with van der Waals surface area (Å²) >= 11 is 10.1. The number of ether oxygens (including phenoxy) is 1. The van der Waals surface area contributed by atoms with E-state index in [1.165, 1.54) is 10.5 Å². The second-order valence-electron chi connectivity index (χ2n) is 6.11. The number of sulfonamides is 1. The number of nitrogens with one attached hydrogen (secondary N) is 2. The Kier molecular flexibility index (Phi) is 12.8. The van der Waals surface area contributed by atoms with Gasteiger partial charge in [-0.3, -0.25) is 20.8 Å². The molecule has 1 atom stereocenters. The largest absolute Gasteiger partial charge is 2.00 e. The van der Waals surface area contributed by atoms with Crippen molar-refractivity contribution in [2.24, 2.45) is 20.2 Å². The predicted molar refractivity (Wildman–Crippen MR) is 128 cm³/mol. The molecule has 1 saturated heterocycles. The van der Waals surface area contributed by atoms with E-state index in [4.69, 9.17) is 30.0 Å². The third-order valence-electron chi connectivity index (χ3n) is 3.98. The molecule has 1 aromatic rings. The Morgan fingerprint density at radius 1 is 1.16 bits per heavy atom. The zero-order valence-electron chi connectivity index (χ0n) is 17.6. The fraction of sp³-hybridized carbons (Fsp3) is 0.444. The number of rotatable bonds is 8. The molecule has 1 radical (unpaired) electrons. The molecule has 0 amide bonds. The summed E-state index contributed by atoms with van der Waals surface area (Å²) in [6.45, 7) is 5.21. The van der Waals surface area contributed by atoms with Gasteiger partial charge in [0.15, 0.2) is 0 Å². The molecule has 1 aliphatic rings. The van der Waals surface area contributed by atoms with E-state index < -0.39 is 16.1 Å². The van der Waals surface area contributed by atoms with Crippen LogP contribution in [0.3, 0.4) is 0 Å². The maximum Gasteiger partial charge on any atom is 2.00 e. The normalized spacial score (nSPS) is 18.9. The van der Waals surface area contributed by atoms with Crippen molar-refractivity contribution in [3.63, 3.8) is 0 Å². The van der Waals surface area contributed by atoms with Crippen LogP contribution in [0, 0.1) is 0 Å². The molecule has 0 aromatic heterocycles. The molecule has 1 aliphatic heterocycles. The quantitative estimate of drug-likeness (QED) is 0.160. The van der Waals surface area contributed by atoms with Crippen molar-refractivity contribution in [3.8, 4) is 0 Å². The summed E-state index contributed by atoms with van der Waals surface area (Å²) in [6.07, 6.45) is 0.717. The van der Waals surface area contributed by atoms with Crippen LogP contribution in [-0.2, 0) is 57.1 Å². The van der Waals surface area contributed by atoms with Crippen LogP contribution in [-0.4, -0.2) is 73.9 Å². The maximum absolute atomic E-state index is 13.0. The summed E-state index contributed by atoms with van der Waals surface area (Å²) in [7, 11) is -3.67. The third-order valence-corrected chi connectivity index (χ3v) is 6.30. The fourth-order valence-electron chi connectivity index (χ4n) is 2.57. The molecule has 32 heavy (non-hydrogen) atoms. The number of aliphatic imine (C=N–C) groups is 2. The third kappa shape index (κ3) is 8.70. The van der Waals surface area contributed by atoms with Gasteiger partial charge in [0.05, 0.1) is 17.7 Å².